The molecule has 1 unspecified atom stereocenters. The molecule has 0 aliphatic heterocycles. The van der Waals surface area contributed by atoms with Crippen molar-refractivity contribution in [2.24, 2.45) is 7.05 Å². The Morgan fingerprint density at radius 1 is 1.33 bits per heavy atom. The largest absolute Gasteiger partial charge is 1.00 e. The standard InChI is InChI=1S/C16H18N7.BrH/c1-21-15-9-13(5-6-14(15)19-20-21)16(7-3-2-4-8-16)10-23-12-22(17)11-18-23;/h2-7,9,11-12H,8,10,17H2,1H3;1H/q+1;/p-1. The van der Waals surface area contributed by atoms with Crippen molar-refractivity contribution >= 4 is 11.0 Å². The van der Waals surface area contributed by atoms with Crippen LogP contribution in [0.2, 0.25) is 0 Å². The zero-order chi connectivity index (χ0) is 15.9. The average molecular weight is 388 g/mol. The van der Waals surface area contributed by atoms with Crippen LogP contribution in [-0.4, -0.2) is 24.8 Å². The Morgan fingerprint density at radius 2 is 2.21 bits per heavy atom. The Morgan fingerprint density at radius 3 is 2.92 bits per heavy atom. The van der Waals surface area contributed by atoms with Crippen LogP contribution in [0.1, 0.15) is 12.0 Å². The van der Waals surface area contributed by atoms with Gasteiger partial charge in [-0.15, -0.1) is 14.5 Å². The van der Waals surface area contributed by atoms with Gasteiger partial charge in [-0.05, 0) is 24.1 Å². The van der Waals surface area contributed by atoms with Crippen LogP contribution >= 0.6 is 0 Å². The third kappa shape index (κ3) is 2.73. The van der Waals surface area contributed by atoms with E-state index in [-0.39, 0.29) is 22.4 Å². The lowest BCUT2D eigenvalue weighted by molar-refractivity contribution is -0.639. The Bertz CT molecular complexity index is 924. The van der Waals surface area contributed by atoms with Crippen LogP contribution in [0, 0.1) is 0 Å². The maximum Gasteiger partial charge on any atom is 0.286 e. The van der Waals surface area contributed by atoms with Crippen LogP contribution < -0.4 is 27.5 Å². The summed E-state index contributed by atoms with van der Waals surface area (Å²) in [4.78, 5) is 0. The summed E-state index contributed by atoms with van der Waals surface area (Å²) in [6.45, 7) is 0.717. The van der Waals surface area contributed by atoms with Crippen LogP contribution in [0.3, 0.4) is 0 Å². The highest BCUT2D eigenvalue weighted by Gasteiger charge is 2.33. The lowest BCUT2D eigenvalue weighted by Crippen LogP contribution is -3.00. The number of benzene rings is 1. The number of aryl methyl sites for hydroxylation is 1. The van der Waals surface area contributed by atoms with Crippen molar-refractivity contribution in [3.8, 4) is 0 Å². The lowest BCUT2D eigenvalue weighted by atomic mass is 9.75. The molecule has 3 aromatic rings. The van der Waals surface area contributed by atoms with Crippen LogP contribution in [0.25, 0.3) is 11.0 Å². The molecule has 124 valence electrons. The van der Waals surface area contributed by atoms with Crippen molar-refractivity contribution < 1.29 is 21.7 Å². The molecule has 7 nitrogen and oxygen atoms in total. The summed E-state index contributed by atoms with van der Waals surface area (Å²) in [6.07, 6.45) is 12.9. The van der Waals surface area contributed by atoms with E-state index < -0.39 is 0 Å². The van der Waals surface area contributed by atoms with Gasteiger partial charge in [0.25, 0.3) is 6.33 Å². The number of aromatic nitrogens is 6. The molecule has 0 bridgehead atoms. The van der Waals surface area contributed by atoms with Gasteiger partial charge in [-0.25, -0.2) is 4.68 Å². The maximum atomic E-state index is 5.73. The van der Waals surface area contributed by atoms with Crippen molar-refractivity contribution in [2.45, 2.75) is 18.4 Å². The van der Waals surface area contributed by atoms with Gasteiger partial charge in [0.05, 0.1) is 10.9 Å². The summed E-state index contributed by atoms with van der Waals surface area (Å²) in [5.41, 5.74) is 2.99. The molecule has 1 atom stereocenters. The van der Waals surface area contributed by atoms with Crippen LogP contribution in [0.4, 0.5) is 0 Å². The van der Waals surface area contributed by atoms with Gasteiger partial charge < -0.3 is 17.0 Å². The minimum absolute atomic E-state index is 0. The summed E-state index contributed by atoms with van der Waals surface area (Å²) >= 11 is 0. The molecule has 8 heteroatoms. The maximum absolute atomic E-state index is 5.73. The van der Waals surface area contributed by atoms with E-state index in [1.807, 2.05) is 17.8 Å². The van der Waals surface area contributed by atoms with Crippen molar-refractivity contribution in [1.29, 1.82) is 0 Å². The van der Waals surface area contributed by atoms with Crippen molar-refractivity contribution in [3.63, 3.8) is 0 Å². The first-order valence-corrected chi connectivity index (χ1v) is 7.49. The second-order valence-electron chi connectivity index (χ2n) is 5.96. The number of nitrogens with two attached hydrogens (primary N) is 1. The molecule has 4 rings (SSSR count). The Labute approximate surface area is 149 Å². The number of rotatable bonds is 3. The summed E-state index contributed by atoms with van der Waals surface area (Å²) in [5.74, 6) is 5.73. The SMILES string of the molecule is Cn1nnc2ccc(C3(Cn4c[n+](N)cn4)C=CC=CC3)cc21.[Br-]. The first-order chi connectivity index (χ1) is 11.2. The molecule has 24 heavy (non-hydrogen) atoms. The molecule has 1 aliphatic rings. The minimum atomic E-state index is -0.160. The van der Waals surface area contributed by atoms with Gasteiger partial charge in [0.1, 0.15) is 12.1 Å². The number of hydrogen-bond acceptors (Lipinski definition) is 4. The third-order valence-corrected chi connectivity index (χ3v) is 4.37. The van der Waals surface area contributed by atoms with E-state index in [0.717, 1.165) is 24.0 Å². The number of allylic oxidation sites excluding steroid dienone is 4. The molecular formula is C16H18BrN7. The van der Waals surface area contributed by atoms with Gasteiger partial charge in [-0.1, -0.05) is 35.6 Å². The summed E-state index contributed by atoms with van der Waals surface area (Å²) < 4.78 is 5.14. The topological polar surface area (TPSA) is 78.4 Å². The van der Waals surface area contributed by atoms with Crippen LogP contribution in [0.5, 0.6) is 0 Å². The fourth-order valence-corrected chi connectivity index (χ4v) is 3.14. The van der Waals surface area contributed by atoms with Crippen molar-refractivity contribution in [1.82, 2.24) is 24.8 Å². The first-order valence-electron chi connectivity index (χ1n) is 7.49. The zero-order valence-electron chi connectivity index (χ0n) is 13.2. The lowest BCUT2D eigenvalue weighted by Gasteiger charge is -2.29. The molecule has 0 spiro atoms. The quantitative estimate of drug-likeness (QED) is 0.402. The molecule has 0 amide bonds. The number of nitrogen functional groups attached to an aromatic ring is 1. The highest BCUT2D eigenvalue weighted by atomic mass is 79.9. The summed E-state index contributed by atoms with van der Waals surface area (Å²) in [7, 11) is 1.91. The van der Waals surface area contributed by atoms with Gasteiger partial charge in [-0.3, -0.25) is 5.84 Å². The van der Waals surface area contributed by atoms with E-state index in [1.54, 1.807) is 17.3 Å². The Balaban J connectivity index is 0.00000169. The van der Waals surface area contributed by atoms with Gasteiger partial charge in [0, 0.05) is 12.1 Å². The van der Waals surface area contributed by atoms with E-state index in [2.05, 4.69) is 51.8 Å². The van der Waals surface area contributed by atoms with E-state index in [9.17, 15) is 0 Å². The summed E-state index contributed by atoms with van der Waals surface area (Å²) in [6, 6.07) is 6.32. The third-order valence-electron chi connectivity index (χ3n) is 4.37. The number of nitrogens with zero attached hydrogens (tertiary/aromatic N) is 6. The molecule has 2 N–H and O–H groups in total. The highest BCUT2D eigenvalue weighted by Crippen LogP contribution is 2.35. The molecule has 1 aliphatic carbocycles. The Hall–Kier alpha value is -2.48. The van der Waals surface area contributed by atoms with E-state index in [1.165, 1.54) is 10.2 Å². The number of hydrogen-bond donors (Lipinski definition) is 1. The smallest absolute Gasteiger partial charge is 0.286 e. The van der Waals surface area contributed by atoms with E-state index in [4.69, 9.17) is 5.84 Å². The fourth-order valence-electron chi connectivity index (χ4n) is 3.14. The van der Waals surface area contributed by atoms with Gasteiger partial charge in [-0.2, -0.15) is 0 Å². The van der Waals surface area contributed by atoms with Crippen molar-refractivity contribution in [3.05, 3.63) is 60.7 Å². The second kappa shape index (κ2) is 6.20. The van der Waals surface area contributed by atoms with E-state index >= 15 is 0 Å². The molecule has 0 radical (unpaired) electrons. The monoisotopic (exact) mass is 387 g/mol. The molecule has 1 aromatic carbocycles. The minimum Gasteiger partial charge on any atom is -1.00 e. The fraction of sp³-hybridized carbons (Fsp3) is 0.250. The second-order valence-corrected chi connectivity index (χ2v) is 5.96. The zero-order valence-corrected chi connectivity index (χ0v) is 14.8. The first kappa shape index (κ1) is 16.4. The Kier molecular flexibility index (Phi) is 4.23. The molecule has 2 aromatic heterocycles. The molecule has 0 saturated carbocycles. The number of halogens is 1. The predicted molar refractivity (Wildman–Crippen MR) is 85.7 cm³/mol. The number of fused-ring (bicyclic) bond motifs is 1. The van der Waals surface area contributed by atoms with Crippen LogP contribution in [-0.2, 0) is 19.0 Å². The van der Waals surface area contributed by atoms with E-state index in [0.29, 0.717) is 0 Å². The summed E-state index contributed by atoms with van der Waals surface area (Å²) in [5, 5.41) is 12.6. The van der Waals surface area contributed by atoms with Crippen LogP contribution in [0.15, 0.2) is 55.2 Å². The molecule has 2 heterocycles. The van der Waals surface area contributed by atoms with Gasteiger partial charge in [0.2, 0.25) is 6.33 Å². The highest BCUT2D eigenvalue weighted by molar-refractivity contribution is 5.75. The molecule has 0 saturated heterocycles. The van der Waals surface area contributed by atoms with Gasteiger partial charge >= 0.3 is 0 Å². The predicted octanol–water partition coefficient (Wildman–Crippen LogP) is -2.38. The normalized spacial score (nSPS) is 19.5. The molecular weight excluding hydrogens is 370 g/mol. The average Bonchev–Trinajstić information content (AvgIpc) is 3.14. The van der Waals surface area contributed by atoms with Gasteiger partial charge in [0.15, 0.2) is 0 Å². The molecule has 0 fully saturated rings. The van der Waals surface area contributed by atoms with Crippen molar-refractivity contribution in [2.75, 3.05) is 5.84 Å².